The van der Waals surface area contributed by atoms with Crippen LogP contribution in [0.3, 0.4) is 0 Å². The quantitative estimate of drug-likeness (QED) is 0.00834. The van der Waals surface area contributed by atoms with Crippen LogP contribution in [0.15, 0.2) is 39.3 Å². The largest absolute Gasteiger partial charge is 0.488 e. The van der Waals surface area contributed by atoms with Crippen LogP contribution in [0.25, 0.3) is 10.4 Å². The van der Waals surface area contributed by atoms with Crippen LogP contribution in [0, 0.1) is 20.8 Å². The number of carboxylic acid groups (broad SMARTS) is 1. The maximum Gasteiger partial charge on any atom is 0.407 e. The first-order valence-corrected chi connectivity index (χ1v) is 37.6. The van der Waals surface area contributed by atoms with Crippen molar-refractivity contribution in [2.45, 2.75) is 284 Å². The van der Waals surface area contributed by atoms with Crippen molar-refractivity contribution < 1.29 is 94.7 Å². The van der Waals surface area contributed by atoms with E-state index in [0.717, 1.165) is 0 Å². The Morgan fingerprint density at radius 1 is 0.624 bits per heavy atom. The standard InChI is InChI=1S/C73H117N15O20S/c1-41-42(2)59(43(3)47-36-73(20,21)107-58(41)47)109(101,102)87-66(74)76-34-24-26-49(61(95)83-50(31-32-56(93)106-71(14,15)16)60(94)79-37-53(89)78-39-55(91)92)81-63(97)51(35-45-27-29-46(30-28-45)105-70(11,12)13)84-62(96)48(25-22-23-33-77-67(100)108-72(17,18)19)82-64(98)52(40-103-68(5,6)7)85-65(99)57(44(4)104-69(8,9)10)86-54(90)38-80-88-75/h27-30,44,48-52,57H,22-26,31-40H2,1-21H3,(H,77,100)(H,78,89)(H,79,94)(H,81,97)(H,82,98)(H,83,95)(H,84,96)(H,85,99)(H,86,90)(H,91,92)(H3,74,76,87)/t44-,48+,49+,50+,51+,52+,57+/m1/s1. The minimum Gasteiger partial charge on any atom is -0.488 e. The summed E-state index contributed by atoms with van der Waals surface area (Å²) in [5.41, 5.74) is 13.0. The van der Waals surface area contributed by atoms with Gasteiger partial charge in [-0.05, 0) is 224 Å². The highest BCUT2D eigenvalue weighted by Crippen LogP contribution is 2.44. The molecule has 0 saturated carbocycles. The maximum atomic E-state index is 15.4. The molecule has 610 valence electrons. The molecule has 35 nitrogen and oxygen atoms in total. The molecule has 7 atom stereocenters. The number of rotatable bonds is 39. The number of carbonyl (C=O) groups excluding carboxylic acids is 10. The summed E-state index contributed by atoms with van der Waals surface area (Å²) in [7, 11) is -4.41. The molecule has 0 radical (unpaired) electrons. The number of alkyl carbamates (subject to hydrolysis) is 1. The molecule has 1 aliphatic rings. The number of nitrogens with one attached hydrogen (secondary N) is 10. The van der Waals surface area contributed by atoms with Gasteiger partial charge in [0.15, 0.2) is 0 Å². The Hall–Kier alpha value is -9.54. The molecule has 0 bridgehead atoms. The first-order valence-electron chi connectivity index (χ1n) is 36.1. The lowest BCUT2D eigenvalue weighted by Crippen LogP contribution is -2.62. The number of ether oxygens (including phenoxy) is 6. The van der Waals surface area contributed by atoms with E-state index in [9.17, 15) is 46.8 Å². The number of sulfonamides is 1. The van der Waals surface area contributed by atoms with Gasteiger partial charge in [0.1, 0.15) is 83.2 Å². The number of amides is 9. The molecule has 1 aliphatic heterocycles. The normalized spacial score (nSPS) is 15.0. The van der Waals surface area contributed by atoms with E-state index in [2.05, 4.69) is 67.6 Å². The lowest BCUT2D eigenvalue weighted by Gasteiger charge is -2.32. The van der Waals surface area contributed by atoms with E-state index in [0.29, 0.717) is 45.7 Å². The van der Waals surface area contributed by atoms with Crippen LogP contribution in [0.5, 0.6) is 11.5 Å². The molecule has 0 spiro atoms. The van der Waals surface area contributed by atoms with Crippen molar-refractivity contribution in [3.8, 4) is 11.5 Å². The number of benzene rings is 2. The van der Waals surface area contributed by atoms with Crippen molar-refractivity contribution in [1.82, 2.24) is 52.6 Å². The van der Waals surface area contributed by atoms with Gasteiger partial charge in [-0.3, -0.25) is 52.9 Å². The molecule has 109 heavy (non-hydrogen) atoms. The predicted octanol–water partition coefficient (Wildman–Crippen LogP) is 4.49. The first-order chi connectivity index (χ1) is 50.1. The number of unbranched alkanes of at least 4 members (excludes halogenated alkanes) is 1. The highest BCUT2D eigenvalue weighted by Gasteiger charge is 2.40. The van der Waals surface area contributed by atoms with E-state index in [-0.39, 0.29) is 56.5 Å². The van der Waals surface area contributed by atoms with Crippen LogP contribution in [-0.2, 0) is 89.8 Å². The fourth-order valence-electron chi connectivity index (χ4n) is 11.0. The number of hydrogen-bond donors (Lipinski definition) is 12. The minimum atomic E-state index is -4.41. The molecule has 0 fully saturated rings. The van der Waals surface area contributed by atoms with Gasteiger partial charge in [-0.15, -0.1) is 0 Å². The summed E-state index contributed by atoms with van der Waals surface area (Å²) in [5, 5.41) is 35.3. The van der Waals surface area contributed by atoms with E-state index in [1.54, 1.807) is 128 Å². The monoisotopic (exact) mass is 1560 g/mol. The lowest BCUT2D eigenvalue weighted by atomic mass is 9.94. The number of esters is 1. The Kier molecular flexibility index (Phi) is 35.0. The number of aliphatic carboxylic acids is 1. The summed E-state index contributed by atoms with van der Waals surface area (Å²) in [6, 6.07) is -3.28. The fraction of sp³-hybridized carbons (Fsp3) is 0.671. The SMILES string of the molecule is Cc1c(C)c(S(=O)(=O)NC(N)=NCCC[C@H](NC(=O)[C@H](Cc2ccc(OC(C)(C)C)cc2)NC(=O)[C@H](CCCCNC(=O)OC(C)(C)C)NC(=O)[C@H](COC(C)(C)C)NC(=O)[C@@H](NC(=O)CN=[N+]=[N-])[C@@H](C)OC(C)(C)C)C(=O)N[C@@H](CCC(=O)OC(C)(C)C)C(=O)NCC(=O)NCC(=O)O)c(C)c2c1OC(C)(C)C2. The maximum absolute atomic E-state index is 15.4. The Bertz CT molecular complexity index is 3750. The van der Waals surface area contributed by atoms with Crippen LogP contribution in [-0.4, -0.2) is 200 Å². The third kappa shape index (κ3) is 35.1. The van der Waals surface area contributed by atoms with Crippen molar-refractivity contribution in [1.29, 1.82) is 0 Å². The summed E-state index contributed by atoms with van der Waals surface area (Å²) in [5.74, 6) is -9.55. The summed E-state index contributed by atoms with van der Waals surface area (Å²) >= 11 is 0. The van der Waals surface area contributed by atoms with Crippen LogP contribution in [0.1, 0.15) is 197 Å². The van der Waals surface area contributed by atoms with Crippen molar-refractivity contribution in [2.75, 3.05) is 39.3 Å². The van der Waals surface area contributed by atoms with Crippen molar-refractivity contribution in [3.05, 3.63) is 62.5 Å². The number of fused-ring (bicyclic) bond motifs is 1. The molecule has 1 heterocycles. The number of guanidine groups is 1. The number of azide groups is 1. The van der Waals surface area contributed by atoms with Crippen LogP contribution in [0.2, 0.25) is 0 Å². The van der Waals surface area contributed by atoms with E-state index < -0.39 is 196 Å². The van der Waals surface area contributed by atoms with Crippen LogP contribution in [0.4, 0.5) is 4.79 Å². The highest BCUT2D eigenvalue weighted by molar-refractivity contribution is 7.90. The summed E-state index contributed by atoms with van der Waals surface area (Å²) in [6.45, 7) is 32.7. The third-order valence-corrected chi connectivity index (χ3v) is 17.4. The molecule has 2 aromatic carbocycles. The number of hydrogen-bond acceptors (Lipinski definition) is 21. The summed E-state index contributed by atoms with van der Waals surface area (Å²) in [4.78, 5) is 159. The van der Waals surface area contributed by atoms with Gasteiger partial charge >= 0.3 is 18.0 Å². The second-order valence-corrected chi connectivity index (χ2v) is 33.8. The van der Waals surface area contributed by atoms with Gasteiger partial charge in [0.25, 0.3) is 10.0 Å². The van der Waals surface area contributed by atoms with Gasteiger partial charge in [-0.1, -0.05) is 17.2 Å². The Labute approximate surface area is 639 Å². The lowest BCUT2D eigenvalue weighted by molar-refractivity contribution is -0.155. The van der Waals surface area contributed by atoms with Gasteiger partial charge in [-0.25, -0.2) is 17.9 Å². The molecule has 36 heteroatoms. The molecule has 9 amide bonds. The molecule has 0 aliphatic carbocycles. The Morgan fingerprint density at radius 3 is 1.71 bits per heavy atom. The van der Waals surface area contributed by atoms with Gasteiger partial charge in [0.05, 0.1) is 35.4 Å². The molecular formula is C73H117N15O20S. The second-order valence-electron chi connectivity index (χ2n) is 32.2. The topological polar surface area (TPSA) is 505 Å². The zero-order chi connectivity index (χ0) is 83.0. The zero-order valence-electron chi connectivity index (χ0n) is 66.9. The average molecular weight is 1560 g/mol. The zero-order valence-corrected chi connectivity index (χ0v) is 67.8. The Morgan fingerprint density at radius 2 is 1.17 bits per heavy atom. The van der Waals surface area contributed by atoms with Crippen LogP contribution < -0.4 is 67.8 Å². The molecule has 3 rings (SSSR count). The number of carboxylic acids is 1. The fourth-order valence-corrected chi connectivity index (χ4v) is 12.6. The van der Waals surface area contributed by atoms with E-state index >= 15 is 14.4 Å². The molecule has 13 N–H and O–H groups in total. The second kappa shape index (κ2) is 40.8. The van der Waals surface area contributed by atoms with Gasteiger partial charge in [-0.2, -0.15) is 0 Å². The smallest absolute Gasteiger partial charge is 0.407 e. The molecule has 0 unspecified atom stereocenters. The van der Waals surface area contributed by atoms with E-state index in [4.69, 9.17) is 44.8 Å². The van der Waals surface area contributed by atoms with Crippen molar-refractivity contribution in [3.63, 3.8) is 0 Å². The molecule has 2 aromatic rings. The van der Waals surface area contributed by atoms with E-state index in [1.165, 1.54) is 6.92 Å². The number of nitrogens with zero attached hydrogens (tertiary/aromatic N) is 4. The molecule has 0 aromatic heterocycles. The summed E-state index contributed by atoms with van der Waals surface area (Å²) in [6.07, 6.45) is -3.07. The van der Waals surface area contributed by atoms with Crippen molar-refractivity contribution in [2.24, 2.45) is 15.8 Å². The van der Waals surface area contributed by atoms with E-state index in [1.807, 2.05) is 34.6 Å². The molecule has 0 saturated heterocycles. The number of carbonyl (C=O) groups is 11. The highest BCUT2D eigenvalue weighted by atomic mass is 32.2. The predicted molar refractivity (Wildman–Crippen MR) is 404 cm³/mol. The van der Waals surface area contributed by atoms with Crippen molar-refractivity contribution >= 4 is 81.3 Å². The minimum absolute atomic E-state index is 0.0274. The Balaban J connectivity index is 2.29. The number of nitrogens with two attached hydrogens (primary N) is 1. The average Bonchev–Trinajstić information content (AvgIpc) is 1.63. The van der Waals surface area contributed by atoms with Gasteiger partial charge < -0.3 is 87.1 Å². The van der Waals surface area contributed by atoms with Gasteiger partial charge in [0, 0.05) is 42.8 Å². The number of aliphatic imine (C=N–C) groups is 1. The van der Waals surface area contributed by atoms with Crippen LogP contribution >= 0.6 is 0 Å². The molecular weight excluding hydrogens is 1440 g/mol. The first kappa shape index (κ1) is 93.7. The van der Waals surface area contributed by atoms with Gasteiger partial charge in [0.2, 0.25) is 53.2 Å². The summed E-state index contributed by atoms with van der Waals surface area (Å²) < 4.78 is 66.0. The third-order valence-electron chi connectivity index (χ3n) is 15.8.